The number of hydrogen-bond acceptors (Lipinski definition) is 2. The molecule has 0 aliphatic carbocycles. The minimum absolute atomic E-state index is 0.0302. The number of aromatic nitrogens is 1. The maximum atomic E-state index is 12.9. The van der Waals surface area contributed by atoms with E-state index < -0.39 is 5.95 Å². The van der Waals surface area contributed by atoms with Gasteiger partial charge in [-0.05, 0) is 30.7 Å². The first-order valence-electron chi connectivity index (χ1n) is 5.29. The first-order valence-corrected chi connectivity index (χ1v) is 5.29. The number of rotatable bonds is 3. The lowest BCUT2D eigenvalue weighted by Gasteiger charge is -2.15. The van der Waals surface area contributed by atoms with Gasteiger partial charge in [0.05, 0.1) is 0 Å². The molecule has 17 heavy (non-hydrogen) atoms. The zero-order valence-corrected chi connectivity index (χ0v) is 9.32. The molecule has 0 bridgehead atoms. The second-order valence-corrected chi connectivity index (χ2v) is 3.78. The number of pyridine rings is 1. The fourth-order valence-corrected chi connectivity index (χ4v) is 1.58. The van der Waals surface area contributed by atoms with Gasteiger partial charge in [-0.3, -0.25) is 0 Å². The molecule has 1 heterocycles. The van der Waals surface area contributed by atoms with Gasteiger partial charge >= 0.3 is 0 Å². The maximum absolute atomic E-state index is 12.9. The van der Waals surface area contributed by atoms with Crippen molar-refractivity contribution in [3.05, 3.63) is 59.9 Å². The summed E-state index contributed by atoms with van der Waals surface area (Å²) in [7, 11) is 0. The second-order valence-electron chi connectivity index (χ2n) is 3.78. The molecule has 2 nitrogen and oxygen atoms in total. The maximum Gasteiger partial charge on any atom is 0.214 e. The van der Waals surface area contributed by atoms with Crippen molar-refractivity contribution in [2.75, 3.05) is 5.32 Å². The lowest BCUT2D eigenvalue weighted by Crippen LogP contribution is -2.06. The van der Waals surface area contributed by atoms with Gasteiger partial charge in [-0.15, -0.1) is 0 Å². The van der Waals surface area contributed by atoms with Crippen molar-refractivity contribution < 1.29 is 8.78 Å². The van der Waals surface area contributed by atoms with Gasteiger partial charge < -0.3 is 5.32 Å². The predicted octanol–water partition coefficient (Wildman–Crippen LogP) is 3.53. The van der Waals surface area contributed by atoms with Crippen molar-refractivity contribution in [3.63, 3.8) is 0 Å². The zero-order chi connectivity index (χ0) is 12.3. The van der Waals surface area contributed by atoms with Crippen LogP contribution in [0, 0.1) is 11.8 Å². The Balaban J connectivity index is 2.11. The quantitative estimate of drug-likeness (QED) is 0.822. The van der Waals surface area contributed by atoms with Crippen LogP contribution in [0.25, 0.3) is 0 Å². The number of halogens is 2. The summed E-state index contributed by atoms with van der Waals surface area (Å²) in [6.07, 6.45) is 1.40. The number of anilines is 1. The summed E-state index contributed by atoms with van der Waals surface area (Å²) in [4.78, 5) is 3.48. The zero-order valence-electron chi connectivity index (χ0n) is 9.32. The topological polar surface area (TPSA) is 24.9 Å². The summed E-state index contributed by atoms with van der Waals surface area (Å²) in [6, 6.07) is 9.18. The molecule has 0 spiro atoms. The molecule has 0 saturated heterocycles. The molecule has 4 heteroatoms. The Morgan fingerprint density at radius 1 is 1.12 bits per heavy atom. The van der Waals surface area contributed by atoms with E-state index in [0.29, 0.717) is 5.69 Å². The van der Waals surface area contributed by atoms with Crippen LogP contribution in [0.3, 0.4) is 0 Å². The molecule has 2 aromatic rings. The Bertz CT molecular complexity index is 497. The van der Waals surface area contributed by atoms with E-state index in [-0.39, 0.29) is 11.9 Å². The largest absolute Gasteiger partial charge is 0.378 e. The second kappa shape index (κ2) is 4.91. The van der Waals surface area contributed by atoms with Crippen LogP contribution >= 0.6 is 0 Å². The lowest BCUT2D eigenvalue weighted by molar-refractivity contribution is 0.584. The van der Waals surface area contributed by atoms with Crippen LogP contribution in [0.5, 0.6) is 0 Å². The monoisotopic (exact) mass is 234 g/mol. The molecule has 0 amide bonds. The van der Waals surface area contributed by atoms with Crippen LogP contribution in [0.4, 0.5) is 14.5 Å². The molecule has 0 aliphatic heterocycles. The number of nitrogens with zero attached hydrogens (tertiary/aromatic N) is 1. The highest BCUT2D eigenvalue weighted by molar-refractivity contribution is 5.43. The summed E-state index contributed by atoms with van der Waals surface area (Å²) >= 11 is 0. The van der Waals surface area contributed by atoms with Gasteiger partial charge in [0.25, 0.3) is 0 Å². The molecule has 0 aliphatic rings. The highest BCUT2D eigenvalue weighted by Crippen LogP contribution is 2.19. The number of benzene rings is 1. The van der Waals surface area contributed by atoms with E-state index >= 15 is 0 Å². The van der Waals surface area contributed by atoms with E-state index in [1.807, 2.05) is 6.92 Å². The molecule has 1 aromatic heterocycles. The molecule has 0 saturated carbocycles. The van der Waals surface area contributed by atoms with Gasteiger partial charge in [0, 0.05) is 24.0 Å². The molecule has 88 valence electrons. The molecule has 2 rings (SSSR count). The van der Waals surface area contributed by atoms with Crippen LogP contribution in [-0.2, 0) is 0 Å². The van der Waals surface area contributed by atoms with Crippen molar-refractivity contribution in [1.29, 1.82) is 0 Å². The smallest absolute Gasteiger partial charge is 0.214 e. The number of nitrogens with one attached hydrogen (secondary N) is 1. The van der Waals surface area contributed by atoms with Crippen molar-refractivity contribution in [3.8, 4) is 0 Å². The minimum Gasteiger partial charge on any atom is -0.378 e. The van der Waals surface area contributed by atoms with Gasteiger partial charge in [-0.25, -0.2) is 9.37 Å². The summed E-state index contributed by atoms with van der Waals surface area (Å²) in [6.45, 7) is 1.92. The van der Waals surface area contributed by atoms with E-state index in [9.17, 15) is 8.78 Å². The molecular formula is C13H12F2N2. The lowest BCUT2D eigenvalue weighted by atomic mass is 10.1. The Morgan fingerprint density at radius 3 is 2.47 bits per heavy atom. The normalized spacial score (nSPS) is 12.2. The minimum atomic E-state index is -0.527. The van der Waals surface area contributed by atoms with E-state index in [1.54, 1.807) is 18.2 Å². The highest BCUT2D eigenvalue weighted by atomic mass is 19.1. The van der Waals surface area contributed by atoms with E-state index in [2.05, 4.69) is 10.3 Å². The average molecular weight is 234 g/mol. The average Bonchev–Trinajstić information content (AvgIpc) is 2.29. The van der Waals surface area contributed by atoms with E-state index in [4.69, 9.17) is 0 Å². The molecule has 1 N–H and O–H groups in total. The first kappa shape index (κ1) is 11.5. The molecule has 1 unspecified atom stereocenters. The van der Waals surface area contributed by atoms with Gasteiger partial charge in [0.15, 0.2) is 0 Å². The standard InChI is InChI=1S/C13H12F2N2/c1-9(10-2-4-11(14)5-3-10)17-12-6-7-16-13(15)8-12/h2-9H,1H3,(H,16,17). The molecule has 1 atom stereocenters. The van der Waals surface area contributed by atoms with Crippen molar-refractivity contribution in [1.82, 2.24) is 4.98 Å². The van der Waals surface area contributed by atoms with Crippen LogP contribution in [0.15, 0.2) is 42.6 Å². The van der Waals surface area contributed by atoms with Crippen molar-refractivity contribution in [2.24, 2.45) is 0 Å². The van der Waals surface area contributed by atoms with Crippen molar-refractivity contribution in [2.45, 2.75) is 13.0 Å². The third kappa shape index (κ3) is 3.00. The molecule has 0 fully saturated rings. The van der Waals surface area contributed by atoms with Gasteiger partial charge in [0.2, 0.25) is 5.95 Å². The Labute approximate surface area is 98.3 Å². The van der Waals surface area contributed by atoms with Crippen LogP contribution in [0.2, 0.25) is 0 Å². The third-order valence-electron chi connectivity index (χ3n) is 2.48. The summed E-state index contributed by atoms with van der Waals surface area (Å²) in [5.41, 5.74) is 1.58. The van der Waals surface area contributed by atoms with E-state index in [0.717, 1.165) is 5.56 Å². The SMILES string of the molecule is CC(Nc1ccnc(F)c1)c1ccc(F)cc1. The van der Waals surface area contributed by atoms with E-state index in [1.165, 1.54) is 24.4 Å². The summed E-state index contributed by atoms with van der Waals surface area (Å²) in [5.74, 6) is -0.794. The van der Waals surface area contributed by atoms with Gasteiger partial charge in [-0.1, -0.05) is 12.1 Å². The highest BCUT2D eigenvalue weighted by Gasteiger charge is 2.05. The molecule has 0 radical (unpaired) electrons. The van der Waals surface area contributed by atoms with Crippen molar-refractivity contribution >= 4 is 5.69 Å². The fraction of sp³-hybridized carbons (Fsp3) is 0.154. The third-order valence-corrected chi connectivity index (χ3v) is 2.48. The Morgan fingerprint density at radius 2 is 1.82 bits per heavy atom. The predicted molar refractivity (Wildman–Crippen MR) is 62.6 cm³/mol. The molecule has 1 aromatic carbocycles. The number of hydrogen-bond donors (Lipinski definition) is 1. The molecular weight excluding hydrogens is 222 g/mol. The Hall–Kier alpha value is -1.97. The first-order chi connectivity index (χ1) is 8.15. The van der Waals surface area contributed by atoms with Gasteiger partial charge in [-0.2, -0.15) is 4.39 Å². The van der Waals surface area contributed by atoms with Crippen LogP contribution in [0.1, 0.15) is 18.5 Å². The summed E-state index contributed by atoms with van der Waals surface area (Å²) in [5, 5.41) is 3.12. The van der Waals surface area contributed by atoms with Crippen LogP contribution in [-0.4, -0.2) is 4.98 Å². The fourth-order valence-electron chi connectivity index (χ4n) is 1.58. The van der Waals surface area contributed by atoms with Crippen LogP contribution < -0.4 is 5.32 Å². The summed E-state index contributed by atoms with van der Waals surface area (Å²) < 4.78 is 25.6. The Kier molecular flexibility index (Phi) is 3.32. The van der Waals surface area contributed by atoms with Gasteiger partial charge in [0.1, 0.15) is 5.82 Å².